The Bertz CT molecular complexity index is 580. The number of carboxylic acids is 1. The number of hydrogen-bond acceptors (Lipinski definition) is 3. The van der Waals surface area contributed by atoms with Crippen molar-refractivity contribution in [3.8, 4) is 6.07 Å². The van der Waals surface area contributed by atoms with Crippen LogP contribution in [0.3, 0.4) is 0 Å². The van der Waals surface area contributed by atoms with Crippen molar-refractivity contribution < 1.29 is 14.7 Å². The molecule has 1 aromatic rings. The molecule has 19 heavy (non-hydrogen) atoms. The summed E-state index contributed by atoms with van der Waals surface area (Å²) in [5, 5.41) is 20.5. The Morgan fingerprint density at radius 3 is 2.53 bits per heavy atom. The Hall–Kier alpha value is -2.06. The molecule has 2 atom stereocenters. The summed E-state index contributed by atoms with van der Waals surface area (Å²) < 4.78 is 0. The predicted molar refractivity (Wildman–Crippen MR) is 68.6 cm³/mol. The van der Waals surface area contributed by atoms with Crippen molar-refractivity contribution in [2.24, 2.45) is 11.8 Å². The number of nitriles is 1. The molecule has 5 nitrogen and oxygen atoms in total. The quantitative estimate of drug-likeness (QED) is 0.887. The van der Waals surface area contributed by atoms with Gasteiger partial charge in [0, 0.05) is 5.69 Å². The second kappa shape index (κ2) is 5.29. The molecule has 1 aliphatic rings. The Balaban J connectivity index is 2.06. The number of halogens is 1. The van der Waals surface area contributed by atoms with Crippen LogP contribution in [0.4, 0.5) is 5.69 Å². The van der Waals surface area contributed by atoms with Gasteiger partial charge in [0.15, 0.2) is 0 Å². The zero-order valence-corrected chi connectivity index (χ0v) is 10.6. The highest BCUT2D eigenvalue weighted by molar-refractivity contribution is 6.32. The van der Waals surface area contributed by atoms with E-state index in [9.17, 15) is 9.59 Å². The van der Waals surface area contributed by atoms with Gasteiger partial charge in [0.1, 0.15) is 6.07 Å². The summed E-state index contributed by atoms with van der Waals surface area (Å²) in [6.07, 6.45) is 1.11. The van der Waals surface area contributed by atoms with Crippen LogP contribution in [0.15, 0.2) is 18.2 Å². The molecule has 0 bridgehead atoms. The molecule has 0 spiro atoms. The predicted octanol–water partition coefficient (Wildman–Crippen LogP) is 2.26. The van der Waals surface area contributed by atoms with E-state index >= 15 is 0 Å². The third-order valence-corrected chi connectivity index (χ3v) is 3.60. The van der Waals surface area contributed by atoms with E-state index < -0.39 is 17.8 Å². The summed E-state index contributed by atoms with van der Waals surface area (Å²) in [7, 11) is 0. The standard InChI is InChI=1S/C13H11ClN2O3/c14-11-5-8(2-1-7(11)6-15)16-12(17)9-3-4-10(9)13(18)19/h1-2,5,9-10H,3-4H2,(H,16,17)(H,18,19)/t9-,10+/m0/s1. The molecule has 0 aromatic heterocycles. The van der Waals surface area contributed by atoms with Gasteiger partial charge in [-0.15, -0.1) is 0 Å². The van der Waals surface area contributed by atoms with Gasteiger partial charge in [-0.25, -0.2) is 0 Å². The lowest BCUT2D eigenvalue weighted by molar-refractivity contribution is -0.151. The summed E-state index contributed by atoms with van der Waals surface area (Å²) in [6.45, 7) is 0. The van der Waals surface area contributed by atoms with Crippen molar-refractivity contribution >= 4 is 29.2 Å². The van der Waals surface area contributed by atoms with Gasteiger partial charge in [0.05, 0.1) is 22.4 Å². The molecule has 6 heteroatoms. The van der Waals surface area contributed by atoms with Gasteiger partial charge in [0.2, 0.25) is 5.91 Å². The number of amides is 1. The van der Waals surface area contributed by atoms with Crippen LogP contribution in [0.2, 0.25) is 5.02 Å². The number of carbonyl (C=O) groups excluding carboxylic acids is 1. The average molecular weight is 279 g/mol. The first-order valence-corrected chi connectivity index (χ1v) is 6.14. The van der Waals surface area contributed by atoms with Crippen molar-refractivity contribution in [3.05, 3.63) is 28.8 Å². The molecular formula is C13H11ClN2O3. The van der Waals surface area contributed by atoms with Gasteiger partial charge < -0.3 is 10.4 Å². The molecular weight excluding hydrogens is 268 g/mol. The maximum absolute atomic E-state index is 11.9. The minimum Gasteiger partial charge on any atom is -0.481 e. The van der Waals surface area contributed by atoms with Crippen molar-refractivity contribution in [1.29, 1.82) is 5.26 Å². The minimum atomic E-state index is -0.940. The summed E-state index contributed by atoms with van der Waals surface area (Å²) in [5.41, 5.74) is 0.789. The highest BCUT2D eigenvalue weighted by Crippen LogP contribution is 2.35. The molecule has 2 rings (SSSR count). The maximum Gasteiger partial charge on any atom is 0.307 e. The lowest BCUT2D eigenvalue weighted by Crippen LogP contribution is -2.41. The number of benzene rings is 1. The number of carboxylic acid groups (broad SMARTS) is 1. The van der Waals surface area contributed by atoms with Crippen LogP contribution in [-0.2, 0) is 9.59 Å². The molecule has 1 aliphatic carbocycles. The molecule has 98 valence electrons. The monoisotopic (exact) mass is 278 g/mol. The fraction of sp³-hybridized carbons (Fsp3) is 0.308. The molecule has 0 saturated heterocycles. The van der Waals surface area contributed by atoms with Crippen LogP contribution < -0.4 is 5.32 Å². The molecule has 1 amide bonds. The first-order valence-electron chi connectivity index (χ1n) is 5.76. The minimum absolute atomic E-state index is 0.253. The second-order valence-electron chi connectivity index (χ2n) is 4.42. The van der Waals surface area contributed by atoms with Gasteiger partial charge in [-0.2, -0.15) is 5.26 Å². The summed E-state index contributed by atoms with van der Waals surface area (Å²) in [4.78, 5) is 22.7. The maximum atomic E-state index is 11.9. The van der Waals surface area contributed by atoms with Crippen molar-refractivity contribution in [2.45, 2.75) is 12.8 Å². The van der Waals surface area contributed by atoms with E-state index in [2.05, 4.69) is 5.32 Å². The van der Waals surface area contributed by atoms with Crippen LogP contribution in [0.25, 0.3) is 0 Å². The molecule has 0 heterocycles. The highest BCUT2D eigenvalue weighted by Gasteiger charge is 2.41. The van der Waals surface area contributed by atoms with Crippen LogP contribution >= 0.6 is 11.6 Å². The van der Waals surface area contributed by atoms with E-state index in [-0.39, 0.29) is 10.9 Å². The fourth-order valence-electron chi connectivity index (χ4n) is 2.03. The normalized spacial score (nSPS) is 21.1. The first kappa shape index (κ1) is 13.4. The lowest BCUT2D eigenvalue weighted by Gasteiger charge is -2.31. The van der Waals surface area contributed by atoms with Crippen LogP contribution in [0.5, 0.6) is 0 Å². The number of hydrogen-bond donors (Lipinski definition) is 2. The van der Waals surface area contributed by atoms with E-state index in [1.807, 2.05) is 6.07 Å². The topological polar surface area (TPSA) is 90.2 Å². The number of carbonyl (C=O) groups is 2. The van der Waals surface area contributed by atoms with Gasteiger partial charge in [-0.1, -0.05) is 11.6 Å². The highest BCUT2D eigenvalue weighted by atomic mass is 35.5. The molecule has 0 unspecified atom stereocenters. The number of rotatable bonds is 3. The number of nitrogens with zero attached hydrogens (tertiary/aromatic N) is 1. The van der Waals surface area contributed by atoms with Crippen LogP contribution in [0, 0.1) is 23.2 Å². The number of nitrogens with one attached hydrogen (secondary N) is 1. The fourth-order valence-corrected chi connectivity index (χ4v) is 2.25. The van der Waals surface area contributed by atoms with E-state index in [0.29, 0.717) is 24.1 Å². The van der Waals surface area contributed by atoms with Crippen molar-refractivity contribution in [1.82, 2.24) is 0 Å². The van der Waals surface area contributed by atoms with E-state index in [1.165, 1.54) is 12.1 Å². The SMILES string of the molecule is N#Cc1ccc(NC(=O)[C@H]2CC[C@H]2C(=O)O)cc1Cl. The third kappa shape index (κ3) is 2.69. The lowest BCUT2D eigenvalue weighted by atomic mass is 9.73. The molecule has 2 N–H and O–H groups in total. The summed E-state index contributed by atoms with van der Waals surface area (Å²) in [5.74, 6) is -2.36. The zero-order chi connectivity index (χ0) is 14.0. The largest absolute Gasteiger partial charge is 0.481 e. The zero-order valence-electron chi connectivity index (χ0n) is 9.89. The Labute approximate surface area is 114 Å². The van der Waals surface area contributed by atoms with Gasteiger partial charge in [-0.05, 0) is 31.0 Å². The van der Waals surface area contributed by atoms with Crippen LogP contribution in [-0.4, -0.2) is 17.0 Å². The van der Waals surface area contributed by atoms with Gasteiger partial charge >= 0.3 is 5.97 Å². The summed E-state index contributed by atoms with van der Waals surface area (Å²) in [6, 6.07) is 6.47. The van der Waals surface area contributed by atoms with E-state index in [1.54, 1.807) is 6.07 Å². The first-order chi connectivity index (χ1) is 9.02. The van der Waals surface area contributed by atoms with Crippen molar-refractivity contribution in [3.63, 3.8) is 0 Å². The Morgan fingerprint density at radius 2 is 2.05 bits per heavy atom. The van der Waals surface area contributed by atoms with E-state index in [0.717, 1.165) is 0 Å². The van der Waals surface area contributed by atoms with Gasteiger partial charge in [-0.3, -0.25) is 9.59 Å². The Morgan fingerprint density at radius 1 is 1.37 bits per heavy atom. The molecule has 1 fully saturated rings. The third-order valence-electron chi connectivity index (χ3n) is 3.29. The number of aliphatic carboxylic acids is 1. The van der Waals surface area contributed by atoms with Crippen LogP contribution in [0.1, 0.15) is 18.4 Å². The van der Waals surface area contributed by atoms with Crippen molar-refractivity contribution in [2.75, 3.05) is 5.32 Å². The molecule has 0 aliphatic heterocycles. The summed E-state index contributed by atoms with van der Waals surface area (Å²) >= 11 is 5.85. The Kier molecular flexibility index (Phi) is 3.72. The molecule has 0 radical (unpaired) electrons. The molecule has 1 saturated carbocycles. The number of anilines is 1. The second-order valence-corrected chi connectivity index (χ2v) is 4.83. The average Bonchev–Trinajstić information content (AvgIpc) is 2.26. The van der Waals surface area contributed by atoms with Gasteiger partial charge in [0.25, 0.3) is 0 Å². The molecule has 1 aromatic carbocycles. The van der Waals surface area contributed by atoms with E-state index in [4.69, 9.17) is 22.0 Å². The smallest absolute Gasteiger partial charge is 0.307 e.